The third-order valence-corrected chi connectivity index (χ3v) is 5.49. The minimum atomic E-state index is -0.832. The Balaban J connectivity index is 1.37. The van der Waals surface area contributed by atoms with Crippen LogP contribution in [0.25, 0.3) is 0 Å². The molecule has 29 heavy (non-hydrogen) atoms. The molecule has 2 aromatic rings. The van der Waals surface area contributed by atoms with Crippen LogP contribution in [0.4, 0.5) is 10.5 Å². The first-order valence-electron chi connectivity index (χ1n) is 9.99. The van der Waals surface area contributed by atoms with Gasteiger partial charge in [-0.3, -0.25) is 0 Å². The van der Waals surface area contributed by atoms with E-state index >= 15 is 0 Å². The third-order valence-electron chi connectivity index (χ3n) is 5.25. The van der Waals surface area contributed by atoms with Gasteiger partial charge >= 0.3 is 6.09 Å². The van der Waals surface area contributed by atoms with E-state index in [4.69, 9.17) is 16.7 Å². The number of halogens is 1. The molecule has 0 bridgehead atoms. The summed E-state index contributed by atoms with van der Waals surface area (Å²) in [6.07, 6.45) is 1.12. The molecular formula is C22H28ClN3O3. The molecule has 7 heteroatoms. The summed E-state index contributed by atoms with van der Waals surface area (Å²) in [5, 5.41) is 26.6. The van der Waals surface area contributed by atoms with Gasteiger partial charge in [-0.05, 0) is 61.2 Å². The van der Waals surface area contributed by atoms with Crippen LogP contribution < -0.4 is 10.6 Å². The van der Waals surface area contributed by atoms with Gasteiger partial charge in [0.2, 0.25) is 0 Å². The first-order chi connectivity index (χ1) is 14.0. The van der Waals surface area contributed by atoms with E-state index in [2.05, 4.69) is 34.9 Å². The smallest absolute Gasteiger partial charge is 0.407 e. The number of likely N-dealkylation sites (tertiary alicyclic amines) is 1. The zero-order valence-electron chi connectivity index (χ0n) is 16.4. The summed E-state index contributed by atoms with van der Waals surface area (Å²) in [7, 11) is 0. The van der Waals surface area contributed by atoms with Crippen molar-refractivity contribution in [1.82, 2.24) is 10.2 Å². The van der Waals surface area contributed by atoms with Crippen LogP contribution in [0, 0.1) is 0 Å². The summed E-state index contributed by atoms with van der Waals surface area (Å²) in [5.41, 5.74) is 3.10. The molecule has 1 fully saturated rings. The Hall–Kier alpha value is -2.28. The van der Waals surface area contributed by atoms with Crippen LogP contribution in [0.1, 0.15) is 30.1 Å². The van der Waals surface area contributed by atoms with E-state index in [1.165, 1.54) is 10.5 Å². The van der Waals surface area contributed by atoms with Crippen LogP contribution in [0.2, 0.25) is 5.02 Å². The lowest BCUT2D eigenvalue weighted by atomic mass is 10.0. The number of carboxylic acid groups (broad SMARTS) is 1. The molecule has 1 atom stereocenters. The van der Waals surface area contributed by atoms with Gasteiger partial charge in [0.05, 0.1) is 6.10 Å². The van der Waals surface area contributed by atoms with Crippen LogP contribution in [-0.4, -0.2) is 53.4 Å². The number of piperidine rings is 1. The maximum absolute atomic E-state index is 11.0. The largest absolute Gasteiger partial charge is 0.465 e. The Morgan fingerprint density at radius 2 is 1.90 bits per heavy atom. The predicted octanol–water partition coefficient (Wildman–Crippen LogP) is 3.76. The highest BCUT2D eigenvalue weighted by Gasteiger charge is 2.21. The highest BCUT2D eigenvalue weighted by Crippen LogP contribution is 2.18. The first kappa shape index (κ1) is 21.4. The molecule has 0 aromatic heterocycles. The Labute approximate surface area is 176 Å². The highest BCUT2D eigenvalue weighted by molar-refractivity contribution is 6.30. The van der Waals surface area contributed by atoms with Crippen LogP contribution in [-0.2, 0) is 6.42 Å². The van der Waals surface area contributed by atoms with Crippen molar-refractivity contribution in [2.24, 2.45) is 0 Å². The van der Waals surface area contributed by atoms with E-state index in [1.807, 2.05) is 12.1 Å². The van der Waals surface area contributed by atoms with Gasteiger partial charge in [-0.1, -0.05) is 35.9 Å². The fourth-order valence-corrected chi connectivity index (χ4v) is 3.72. The van der Waals surface area contributed by atoms with Crippen LogP contribution >= 0.6 is 11.6 Å². The Bertz CT molecular complexity index is 792. The molecule has 1 amide bonds. The monoisotopic (exact) mass is 417 g/mol. The second-order valence-corrected chi connectivity index (χ2v) is 7.85. The zero-order valence-corrected chi connectivity index (χ0v) is 17.1. The van der Waals surface area contributed by atoms with Crippen molar-refractivity contribution >= 4 is 23.4 Å². The predicted molar refractivity (Wildman–Crippen MR) is 116 cm³/mol. The minimum absolute atomic E-state index is 0.311. The topological polar surface area (TPSA) is 84.8 Å². The lowest BCUT2D eigenvalue weighted by Crippen LogP contribution is -2.41. The standard InChI is InChI=1S/C22H28ClN3O3/c23-18-3-1-2-17(14-18)21(27)15-24-11-8-16-4-6-19(7-5-16)25-20-9-12-26(13-10-20)22(28)29/h1-7,14,20-21,24-25,27H,8-13,15H2,(H,28,29)/t21-/m1/s1. The van der Waals surface area contributed by atoms with E-state index < -0.39 is 12.2 Å². The number of carbonyl (C=O) groups is 1. The van der Waals surface area contributed by atoms with E-state index in [-0.39, 0.29) is 0 Å². The molecule has 0 unspecified atom stereocenters. The average molecular weight is 418 g/mol. The average Bonchev–Trinajstić information content (AvgIpc) is 2.72. The molecule has 6 nitrogen and oxygen atoms in total. The van der Waals surface area contributed by atoms with Gasteiger partial charge in [-0.15, -0.1) is 0 Å². The molecule has 4 N–H and O–H groups in total. The van der Waals surface area contributed by atoms with Gasteiger partial charge in [0.15, 0.2) is 0 Å². The number of aliphatic hydroxyl groups is 1. The maximum atomic E-state index is 11.0. The van der Waals surface area contributed by atoms with E-state index in [1.54, 1.807) is 12.1 Å². The second-order valence-electron chi connectivity index (χ2n) is 7.41. The minimum Gasteiger partial charge on any atom is -0.465 e. The Morgan fingerprint density at radius 3 is 2.55 bits per heavy atom. The Kier molecular flexibility index (Phi) is 7.75. The Morgan fingerprint density at radius 1 is 1.17 bits per heavy atom. The summed E-state index contributed by atoms with van der Waals surface area (Å²) in [5.74, 6) is 0. The van der Waals surface area contributed by atoms with Crippen molar-refractivity contribution in [1.29, 1.82) is 0 Å². The number of nitrogens with one attached hydrogen (secondary N) is 2. The van der Waals surface area contributed by atoms with Gasteiger partial charge in [-0.2, -0.15) is 0 Å². The fourth-order valence-electron chi connectivity index (χ4n) is 3.52. The van der Waals surface area contributed by atoms with Crippen molar-refractivity contribution in [3.8, 4) is 0 Å². The number of benzene rings is 2. The third kappa shape index (κ3) is 6.63. The lowest BCUT2D eigenvalue weighted by molar-refractivity contribution is 0.134. The number of anilines is 1. The van der Waals surface area contributed by atoms with Crippen molar-refractivity contribution in [2.45, 2.75) is 31.4 Å². The highest BCUT2D eigenvalue weighted by atomic mass is 35.5. The molecule has 2 aromatic carbocycles. The number of amides is 1. The molecule has 1 heterocycles. The van der Waals surface area contributed by atoms with Gasteiger partial charge in [0.1, 0.15) is 0 Å². The lowest BCUT2D eigenvalue weighted by Gasteiger charge is -2.31. The summed E-state index contributed by atoms with van der Waals surface area (Å²) in [6.45, 7) is 2.42. The van der Waals surface area contributed by atoms with Crippen molar-refractivity contribution < 1.29 is 15.0 Å². The normalized spacial score (nSPS) is 15.9. The summed E-state index contributed by atoms with van der Waals surface area (Å²) >= 11 is 5.96. The number of hydrogen-bond acceptors (Lipinski definition) is 4. The number of aliphatic hydroxyl groups excluding tert-OH is 1. The molecule has 0 radical (unpaired) electrons. The van der Waals surface area contributed by atoms with Gasteiger partial charge < -0.3 is 25.7 Å². The molecule has 156 valence electrons. The number of nitrogens with zero attached hydrogens (tertiary/aromatic N) is 1. The van der Waals surface area contributed by atoms with E-state index in [0.29, 0.717) is 30.7 Å². The zero-order chi connectivity index (χ0) is 20.6. The molecule has 1 aliphatic rings. The van der Waals surface area contributed by atoms with Gasteiger partial charge in [-0.25, -0.2) is 4.79 Å². The molecule has 0 aliphatic carbocycles. The van der Waals surface area contributed by atoms with E-state index in [0.717, 1.165) is 37.1 Å². The maximum Gasteiger partial charge on any atom is 0.407 e. The SMILES string of the molecule is O=C(O)N1CCC(Nc2ccc(CCNC[C@@H](O)c3cccc(Cl)c3)cc2)CC1. The number of rotatable bonds is 8. The molecule has 3 rings (SSSR count). The van der Waals surface area contributed by atoms with Crippen molar-refractivity contribution in [2.75, 3.05) is 31.5 Å². The summed E-state index contributed by atoms with van der Waals surface area (Å²) < 4.78 is 0. The van der Waals surface area contributed by atoms with Crippen LogP contribution in [0.15, 0.2) is 48.5 Å². The van der Waals surface area contributed by atoms with Crippen molar-refractivity contribution in [3.63, 3.8) is 0 Å². The molecular weight excluding hydrogens is 390 g/mol. The quantitative estimate of drug-likeness (QED) is 0.491. The molecule has 1 aliphatic heterocycles. The van der Waals surface area contributed by atoms with Crippen molar-refractivity contribution in [3.05, 3.63) is 64.7 Å². The van der Waals surface area contributed by atoms with Crippen LogP contribution in [0.5, 0.6) is 0 Å². The van der Waals surface area contributed by atoms with Gasteiger partial charge in [0, 0.05) is 36.4 Å². The summed E-state index contributed by atoms with van der Waals surface area (Å²) in [4.78, 5) is 12.4. The molecule has 0 saturated carbocycles. The van der Waals surface area contributed by atoms with E-state index in [9.17, 15) is 9.90 Å². The molecule has 1 saturated heterocycles. The summed E-state index contributed by atoms with van der Waals surface area (Å²) in [6, 6.07) is 15.9. The fraction of sp³-hybridized carbons (Fsp3) is 0.409. The van der Waals surface area contributed by atoms with Gasteiger partial charge in [0.25, 0.3) is 0 Å². The van der Waals surface area contributed by atoms with Crippen LogP contribution in [0.3, 0.4) is 0 Å². The second kappa shape index (κ2) is 10.5. The number of hydrogen-bond donors (Lipinski definition) is 4. The molecule has 0 spiro atoms. The first-order valence-corrected chi connectivity index (χ1v) is 10.4.